The molecule has 2 aromatic rings. The smallest absolute Gasteiger partial charge is 0.230 e. The summed E-state index contributed by atoms with van der Waals surface area (Å²) in [5.74, 6) is 3.00. The fraction of sp³-hybridized carbons (Fsp3) is 0.526. The van der Waals surface area contributed by atoms with Crippen LogP contribution in [0.3, 0.4) is 0 Å². The Kier molecular flexibility index (Phi) is 4.08. The molecule has 1 saturated heterocycles. The van der Waals surface area contributed by atoms with Crippen molar-refractivity contribution in [1.29, 1.82) is 0 Å². The van der Waals surface area contributed by atoms with E-state index in [1.54, 1.807) is 4.68 Å². The number of aryl methyl sites for hydroxylation is 1. The van der Waals surface area contributed by atoms with Gasteiger partial charge >= 0.3 is 0 Å². The van der Waals surface area contributed by atoms with E-state index in [1.165, 1.54) is 18.4 Å². The Bertz CT molecular complexity index is 720. The standard InChI is InChI=1S/C19H24N4O/c1-22-17(20-19(21-22)16-7-8-16)12-18(24)23-10-9-15(13-23)11-14-5-3-2-4-6-14/h2-6,15-16H,7-13H2,1H3. The average molecular weight is 324 g/mol. The molecule has 5 nitrogen and oxygen atoms in total. The Labute approximate surface area is 142 Å². The summed E-state index contributed by atoms with van der Waals surface area (Å²) in [5.41, 5.74) is 1.36. The van der Waals surface area contributed by atoms with Crippen LogP contribution in [-0.4, -0.2) is 38.7 Å². The quantitative estimate of drug-likeness (QED) is 0.848. The van der Waals surface area contributed by atoms with Gasteiger partial charge in [-0.15, -0.1) is 0 Å². The summed E-state index contributed by atoms with van der Waals surface area (Å²) in [5, 5.41) is 4.46. The predicted octanol–water partition coefficient (Wildman–Crippen LogP) is 2.33. The number of hydrogen-bond acceptors (Lipinski definition) is 3. The van der Waals surface area contributed by atoms with Crippen molar-refractivity contribution in [2.45, 2.75) is 38.0 Å². The van der Waals surface area contributed by atoms with Crippen molar-refractivity contribution < 1.29 is 4.79 Å². The van der Waals surface area contributed by atoms with Crippen molar-refractivity contribution in [3.63, 3.8) is 0 Å². The molecule has 2 aliphatic rings. The number of rotatable bonds is 5. The number of carbonyl (C=O) groups excluding carboxylic acids is 1. The Balaban J connectivity index is 1.34. The highest BCUT2D eigenvalue weighted by molar-refractivity contribution is 5.78. The monoisotopic (exact) mass is 324 g/mol. The number of benzene rings is 1. The van der Waals surface area contributed by atoms with E-state index in [1.807, 2.05) is 18.0 Å². The van der Waals surface area contributed by atoms with Crippen LogP contribution in [0.25, 0.3) is 0 Å². The molecule has 0 spiro atoms. The average Bonchev–Trinajstić information content (AvgIpc) is 3.23. The second-order valence-corrected chi connectivity index (χ2v) is 7.15. The van der Waals surface area contributed by atoms with Gasteiger partial charge in [-0.25, -0.2) is 4.98 Å². The van der Waals surface area contributed by atoms with Gasteiger partial charge in [0.25, 0.3) is 0 Å². The van der Waals surface area contributed by atoms with Crippen molar-refractivity contribution in [3.05, 3.63) is 47.5 Å². The SMILES string of the molecule is Cn1nc(C2CC2)nc1CC(=O)N1CCC(Cc2ccccc2)C1. The lowest BCUT2D eigenvalue weighted by Crippen LogP contribution is -2.31. The molecule has 1 aliphatic carbocycles. The van der Waals surface area contributed by atoms with Gasteiger partial charge in [0.1, 0.15) is 5.82 Å². The Morgan fingerprint density at radius 2 is 2.00 bits per heavy atom. The summed E-state index contributed by atoms with van der Waals surface area (Å²) in [4.78, 5) is 19.2. The number of carbonyl (C=O) groups is 1. The fourth-order valence-corrected chi connectivity index (χ4v) is 3.53. The first kappa shape index (κ1) is 15.4. The molecule has 126 valence electrons. The van der Waals surface area contributed by atoms with E-state index >= 15 is 0 Å². The molecule has 2 fully saturated rings. The Morgan fingerprint density at radius 1 is 1.21 bits per heavy atom. The maximum absolute atomic E-state index is 12.6. The van der Waals surface area contributed by atoms with Gasteiger partial charge in [0.05, 0.1) is 6.42 Å². The van der Waals surface area contributed by atoms with E-state index < -0.39 is 0 Å². The van der Waals surface area contributed by atoms with E-state index in [-0.39, 0.29) is 5.91 Å². The van der Waals surface area contributed by atoms with Gasteiger partial charge in [0.2, 0.25) is 5.91 Å². The van der Waals surface area contributed by atoms with Crippen molar-refractivity contribution in [3.8, 4) is 0 Å². The maximum atomic E-state index is 12.6. The number of amides is 1. The fourth-order valence-electron chi connectivity index (χ4n) is 3.53. The third-order valence-corrected chi connectivity index (χ3v) is 5.13. The molecule has 1 atom stereocenters. The summed E-state index contributed by atoms with van der Waals surface area (Å²) >= 11 is 0. The first-order valence-electron chi connectivity index (χ1n) is 8.90. The van der Waals surface area contributed by atoms with E-state index in [0.717, 1.165) is 37.6 Å². The first-order chi connectivity index (χ1) is 11.7. The lowest BCUT2D eigenvalue weighted by molar-refractivity contribution is -0.129. The van der Waals surface area contributed by atoms with Crippen LogP contribution < -0.4 is 0 Å². The molecule has 0 bridgehead atoms. The van der Waals surface area contributed by atoms with E-state index in [4.69, 9.17) is 0 Å². The third-order valence-electron chi connectivity index (χ3n) is 5.13. The van der Waals surface area contributed by atoms with Crippen molar-refractivity contribution in [2.24, 2.45) is 13.0 Å². The number of aromatic nitrogens is 3. The molecule has 1 aromatic heterocycles. The minimum absolute atomic E-state index is 0.184. The molecule has 0 N–H and O–H groups in total. The second kappa shape index (κ2) is 6.38. The van der Waals surface area contributed by atoms with Crippen LogP contribution in [0.1, 0.15) is 42.4 Å². The molecule has 1 saturated carbocycles. The normalized spacial score (nSPS) is 20.5. The third kappa shape index (κ3) is 3.35. The molecule has 1 aromatic carbocycles. The predicted molar refractivity (Wildman–Crippen MR) is 91.5 cm³/mol. The van der Waals surface area contributed by atoms with Crippen molar-refractivity contribution in [2.75, 3.05) is 13.1 Å². The van der Waals surface area contributed by atoms with E-state index in [0.29, 0.717) is 18.3 Å². The van der Waals surface area contributed by atoms with Gasteiger partial charge in [0.15, 0.2) is 5.82 Å². The first-order valence-corrected chi connectivity index (χ1v) is 8.90. The molecule has 24 heavy (non-hydrogen) atoms. The molecular weight excluding hydrogens is 300 g/mol. The number of likely N-dealkylation sites (tertiary alicyclic amines) is 1. The molecule has 2 heterocycles. The highest BCUT2D eigenvalue weighted by Gasteiger charge is 2.30. The summed E-state index contributed by atoms with van der Waals surface area (Å²) in [7, 11) is 1.89. The molecule has 5 heteroatoms. The van der Waals surface area contributed by atoms with Gasteiger partial charge in [-0.3, -0.25) is 9.48 Å². The summed E-state index contributed by atoms with van der Waals surface area (Å²) < 4.78 is 1.78. The van der Waals surface area contributed by atoms with Crippen LogP contribution in [-0.2, 0) is 24.7 Å². The topological polar surface area (TPSA) is 51.0 Å². The van der Waals surface area contributed by atoms with Crippen LogP contribution in [0.4, 0.5) is 0 Å². The Hall–Kier alpha value is -2.17. The molecule has 4 rings (SSSR count). The highest BCUT2D eigenvalue weighted by Crippen LogP contribution is 2.38. The Morgan fingerprint density at radius 3 is 2.75 bits per heavy atom. The van der Waals surface area contributed by atoms with Crippen LogP contribution in [0, 0.1) is 5.92 Å². The summed E-state index contributed by atoms with van der Waals surface area (Å²) in [6, 6.07) is 10.6. The van der Waals surface area contributed by atoms with Crippen LogP contribution in [0.5, 0.6) is 0 Å². The lowest BCUT2D eigenvalue weighted by atomic mass is 9.99. The second-order valence-electron chi connectivity index (χ2n) is 7.15. The molecular formula is C19H24N4O. The van der Waals surface area contributed by atoms with Gasteiger partial charge in [0, 0.05) is 26.1 Å². The highest BCUT2D eigenvalue weighted by atomic mass is 16.2. The summed E-state index contributed by atoms with van der Waals surface area (Å²) in [6.07, 6.45) is 4.89. The van der Waals surface area contributed by atoms with Gasteiger partial charge in [-0.05, 0) is 37.2 Å². The zero-order chi connectivity index (χ0) is 16.5. The molecule has 1 unspecified atom stereocenters. The number of nitrogens with zero attached hydrogens (tertiary/aromatic N) is 4. The number of hydrogen-bond donors (Lipinski definition) is 0. The largest absolute Gasteiger partial charge is 0.342 e. The molecule has 1 amide bonds. The van der Waals surface area contributed by atoms with Gasteiger partial charge in [-0.1, -0.05) is 30.3 Å². The van der Waals surface area contributed by atoms with Gasteiger partial charge < -0.3 is 4.90 Å². The minimum atomic E-state index is 0.184. The lowest BCUT2D eigenvalue weighted by Gasteiger charge is -2.16. The molecule has 0 radical (unpaired) electrons. The van der Waals surface area contributed by atoms with Crippen molar-refractivity contribution >= 4 is 5.91 Å². The van der Waals surface area contributed by atoms with Gasteiger partial charge in [-0.2, -0.15) is 5.10 Å². The van der Waals surface area contributed by atoms with E-state index in [9.17, 15) is 4.79 Å². The van der Waals surface area contributed by atoms with Crippen molar-refractivity contribution in [1.82, 2.24) is 19.7 Å². The molecule has 1 aliphatic heterocycles. The van der Waals surface area contributed by atoms with Crippen LogP contribution >= 0.6 is 0 Å². The minimum Gasteiger partial charge on any atom is -0.342 e. The van der Waals surface area contributed by atoms with Crippen LogP contribution in [0.15, 0.2) is 30.3 Å². The zero-order valence-electron chi connectivity index (χ0n) is 14.2. The van der Waals surface area contributed by atoms with E-state index in [2.05, 4.69) is 34.3 Å². The zero-order valence-corrected chi connectivity index (χ0v) is 14.2. The van der Waals surface area contributed by atoms with Crippen LogP contribution in [0.2, 0.25) is 0 Å². The maximum Gasteiger partial charge on any atom is 0.230 e. The summed E-state index contributed by atoms with van der Waals surface area (Å²) in [6.45, 7) is 1.73.